The van der Waals surface area contributed by atoms with Crippen LogP contribution in [0.5, 0.6) is 5.75 Å². The van der Waals surface area contributed by atoms with Crippen LogP contribution in [0.15, 0.2) is 53.0 Å². The van der Waals surface area contributed by atoms with Crippen LogP contribution >= 0.6 is 28.1 Å². The molecule has 2 aromatic carbocycles. The number of nitrogens with zero attached hydrogens (tertiary/aromatic N) is 1. The zero-order valence-electron chi connectivity index (χ0n) is 12.0. The maximum Gasteiger partial charge on any atom is 0.188 e. The van der Waals surface area contributed by atoms with Gasteiger partial charge in [0.15, 0.2) is 10.8 Å². The van der Waals surface area contributed by atoms with Gasteiger partial charge in [-0.1, -0.05) is 40.2 Å². The highest BCUT2D eigenvalue weighted by Crippen LogP contribution is 2.45. The van der Waals surface area contributed by atoms with E-state index in [2.05, 4.69) is 45.2 Å². The van der Waals surface area contributed by atoms with Gasteiger partial charge in [0.25, 0.3) is 0 Å². The highest BCUT2D eigenvalue weighted by molar-refractivity contribution is 9.10. The Balaban J connectivity index is 1.82. The molecule has 1 N–H and O–H groups in total. The summed E-state index contributed by atoms with van der Waals surface area (Å²) in [5, 5.41) is 4.16. The first kappa shape index (κ1) is 14.0. The lowest BCUT2D eigenvalue weighted by Crippen LogP contribution is -2.65. The largest absolute Gasteiger partial charge is 0.467 e. The third-order valence-electron chi connectivity index (χ3n) is 4.25. The van der Waals surface area contributed by atoms with Crippen molar-refractivity contribution < 1.29 is 4.74 Å². The molecule has 0 spiro atoms. The number of ether oxygens (including phenoxy) is 1. The predicted molar refractivity (Wildman–Crippen MR) is 95.2 cm³/mol. The maximum absolute atomic E-state index is 6.35. The monoisotopic (exact) mass is 374 g/mol. The van der Waals surface area contributed by atoms with Gasteiger partial charge in [-0.15, -0.1) is 0 Å². The normalized spacial score (nSPS) is 26.0. The molecule has 2 bridgehead atoms. The minimum absolute atomic E-state index is 0.200. The van der Waals surface area contributed by atoms with Gasteiger partial charge >= 0.3 is 0 Å². The Labute approximate surface area is 143 Å². The van der Waals surface area contributed by atoms with E-state index in [0.29, 0.717) is 5.11 Å². The van der Waals surface area contributed by atoms with E-state index in [1.165, 1.54) is 5.56 Å². The van der Waals surface area contributed by atoms with Gasteiger partial charge in [-0.2, -0.15) is 0 Å². The number of fused-ring (bicyclic) bond motifs is 4. The zero-order chi connectivity index (χ0) is 15.3. The Morgan fingerprint density at radius 2 is 2.09 bits per heavy atom. The number of anilines is 1. The van der Waals surface area contributed by atoms with Crippen LogP contribution < -0.4 is 15.0 Å². The maximum atomic E-state index is 6.35. The van der Waals surface area contributed by atoms with Crippen LogP contribution in [-0.4, -0.2) is 10.8 Å². The molecular weight excluding hydrogens is 360 g/mol. The molecular formula is C17H15BrN2OS. The van der Waals surface area contributed by atoms with Crippen LogP contribution in [0.25, 0.3) is 0 Å². The highest BCUT2D eigenvalue weighted by Gasteiger charge is 2.48. The molecule has 2 aliphatic rings. The lowest BCUT2D eigenvalue weighted by atomic mass is 9.90. The first-order valence-corrected chi connectivity index (χ1v) is 8.41. The van der Waals surface area contributed by atoms with Crippen molar-refractivity contribution in [1.82, 2.24) is 5.32 Å². The second kappa shape index (κ2) is 4.96. The molecule has 1 fully saturated rings. The topological polar surface area (TPSA) is 24.5 Å². The number of hydrogen-bond acceptors (Lipinski definition) is 2. The molecule has 0 radical (unpaired) electrons. The molecule has 4 rings (SSSR count). The Morgan fingerprint density at radius 1 is 1.27 bits per heavy atom. The molecule has 112 valence electrons. The predicted octanol–water partition coefficient (Wildman–Crippen LogP) is 4.38. The first-order valence-electron chi connectivity index (χ1n) is 7.21. The highest BCUT2D eigenvalue weighted by atomic mass is 79.9. The summed E-state index contributed by atoms with van der Waals surface area (Å²) in [6.45, 7) is 2.10. The molecule has 3 nitrogen and oxygen atoms in total. The smallest absolute Gasteiger partial charge is 0.188 e. The molecule has 2 aliphatic heterocycles. The average molecular weight is 375 g/mol. The molecule has 22 heavy (non-hydrogen) atoms. The van der Waals surface area contributed by atoms with Crippen LogP contribution in [0.2, 0.25) is 0 Å². The fraction of sp³-hybridized carbons (Fsp3) is 0.235. The lowest BCUT2D eigenvalue weighted by Gasteiger charge is -2.52. The average Bonchev–Trinajstić information content (AvgIpc) is 2.46. The molecule has 0 saturated carbocycles. The summed E-state index contributed by atoms with van der Waals surface area (Å²) < 4.78 is 7.37. The summed E-state index contributed by atoms with van der Waals surface area (Å²) in [7, 11) is 0. The van der Waals surface area contributed by atoms with Crippen molar-refractivity contribution in [3.63, 3.8) is 0 Å². The van der Waals surface area contributed by atoms with Crippen molar-refractivity contribution in [3.05, 3.63) is 58.6 Å². The van der Waals surface area contributed by atoms with Crippen LogP contribution in [0, 0.1) is 0 Å². The lowest BCUT2D eigenvalue weighted by molar-refractivity contribution is 0.0498. The van der Waals surface area contributed by atoms with Gasteiger partial charge in [-0.25, -0.2) is 0 Å². The third-order valence-corrected chi connectivity index (χ3v) is 5.04. The second-order valence-corrected chi connectivity index (χ2v) is 7.14. The number of hydrogen-bond donors (Lipinski definition) is 1. The van der Waals surface area contributed by atoms with Crippen molar-refractivity contribution in [2.45, 2.75) is 25.1 Å². The van der Waals surface area contributed by atoms with Crippen LogP contribution in [0.3, 0.4) is 0 Å². The summed E-state index contributed by atoms with van der Waals surface area (Å²) >= 11 is 9.16. The molecule has 0 aromatic heterocycles. The van der Waals surface area contributed by atoms with Crippen LogP contribution in [-0.2, 0) is 0 Å². The zero-order valence-corrected chi connectivity index (χ0v) is 14.4. The Bertz CT molecular complexity index is 766. The second-order valence-electron chi connectivity index (χ2n) is 5.84. The van der Waals surface area contributed by atoms with Gasteiger partial charge in [-0.3, -0.25) is 4.90 Å². The van der Waals surface area contributed by atoms with E-state index >= 15 is 0 Å². The Morgan fingerprint density at radius 3 is 2.91 bits per heavy atom. The molecule has 0 amide bonds. The molecule has 5 heteroatoms. The van der Waals surface area contributed by atoms with Crippen LogP contribution in [0.4, 0.5) is 5.69 Å². The standard InChI is InChI=1S/C17H15BrN2OS/c1-17-10-14(13-7-2-3-8-15(13)21-17)19-16(22)20(17)12-6-4-5-11(18)9-12/h2-9,14H,10H2,1H3,(H,19,22)/t14-,17+/m0/s1. The molecule has 1 saturated heterocycles. The third kappa shape index (κ3) is 2.11. The van der Waals surface area contributed by atoms with Crippen molar-refractivity contribution >= 4 is 38.9 Å². The number of halogens is 1. The summed E-state index contributed by atoms with van der Waals surface area (Å²) in [4.78, 5) is 2.07. The molecule has 2 atom stereocenters. The van der Waals surface area contributed by atoms with Gasteiger partial charge < -0.3 is 10.1 Å². The van der Waals surface area contributed by atoms with E-state index in [4.69, 9.17) is 17.0 Å². The van der Waals surface area contributed by atoms with E-state index in [9.17, 15) is 0 Å². The van der Waals surface area contributed by atoms with E-state index in [1.807, 2.05) is 36.4 Å². The van der Waals surface area contributed by atoms with Crippen molar-refractivity contribution in [2.24, 2.45) is 0 Å². The SMILES string of the molecule is C[C@@]12C[C@H](NC(=S)N1c1cccc(Br)c1)c1ccccc1O2. The van der Waals surface area contributed by atoms with Gasteiger partial charge in [0.1, 0.15) is 5.75 Å². The van der Waals surface area contributed by atoms with E-state index in [0.717, 1.165) is 22.3 Å². The Hall–Kier alpha value is -1.59. The van der Waals surface area contributed by atoms with Gasteiger partial charge in [0.05, 0.1) is 6.04 Å². The minimum atomic E-state index is -0.484. The van der Waals surface area contributed by atoms with Crippen molar-refractivity contribution in [1.29, 1.82) is 0 Å². The molecule has 0 aliphatic carbocycles. The summed E-state index contributed by atoms with van der Waals surface area (Å²) in [6, 6.07) is 16.5. The number of benzene rings is 2. The Kier molecular flexibility index (Phi) is 3.16. The minimum Gasteiger partial charge on any atom is -0.467 e. The van der Waals surface area contributed by atoms with E-state index in [-0.39, 0.29) is 6.04 Å². The fourth-order valence-electron chi connectivity index (χ4n) is 3.33. The molecule has 0 unspecified atom stereocenters. The van der Waals surface area contributed by atoms with Gasteiger partial charge in [-0.05, 0) is 43.4 Å². The van der Waals surface area contributed by atoms with E-state index < -0.39 is 5.72 Å². The van der Waals surface area contributed by atoms with E-state index in [1.54, 1.807) is 0 Å². The van der Waals surface area contributed by atoms with Gasteiger partial charge in [0, 0.05) is 22.1 Å². The first-order chi connectivity index (χ1) is 10.6. The van der Waals surface area contributed by atoms with Gasteiger partial charge in [0.2, 0.25) is 0 Å². The summed E-state index contributed by atoms with van der Waals surface area (Å²) in [5.74, 6) is 0.927. The van der Waals surface area contributed by atoms with Crippen molar-refractivity contribution in [2.75, 3.05) is 4.90 Å². The summed E-state index contributed by atoms with van der Waals surface area (Å²) in [6.07, 6.45) is 0.844. The quantitative estimate of drug-likeness (QED) is 0.748. The van der Waals surface area contributed by atoms with Crippen LogP contribution in [0.1, 0.15) is 24.9 Å². The summed E-state index contributed by atoms with van der Waals surface area (Å²) in [5.41, 5.74) is 1.71. The number of thiocarbonyl (C=S) groups is 1. The van der Waals surface area contributed by atoms with Crippen molar-refractivity contribution in [3.8, 4) is 5.75 Å². The molecule has 2 aromatic rings. The number of para-hydroxylation sites is 1. The molecule has 2 heterocycles. The number of nitrogens with one attached hydrogen (secondary N) is 1. The number of rotatable bonds is 1. The fourth-order valence-corrected chi connectivity index (χ4v) is 4.16.